The first-order chi connectivity index (χ1) is 20.1. The minimum atomic E-state index is -0.128. The number of nitrogens with one attached hydrogen (secondary N) is 1. The van der Waals surface area contributed by atoms with Crippen molar-refractivity contribution in [2.24, 2.45) is 0 Å². The summed E-state index contributed by atoms with van der Waals surface area (Å²) in [6.07, 6.45) is 0.615. The Kier molecular flexibility index (Phi) is 6.83. The molecule has 0 unspecified atom stereocenters. The van der Waals surface area contributed by atoms with E-state index in [1.165, 1.54) is 5.69 Å². The number of rotatable bonds is 5. The first kappa shape index (κ1) is 25.6. The van der Waals surface area contributed by atoms with Gasteiger partial charge in [0.15, 0.2) is 5.76 Å². The number of hydrogen-bond donors (Lipinski definition) is 1. The number of halogens is 1. The van der Waals surface area contributed by atoms with Crippen LogP contribution in [0, 0.1) is 0 Å². The highest BCUT2D eigenvalue weighted by Gasteiger charge is 2.32. The van der Waals surface area contributed by atoms with Crippen molar-refractivity contribution in [2.75, 3.05) is 36.0 Å². The van der Waals surface area contributed by atoms with Crippen LogP contribution in [0.15, 0.2) is 108 Å². The Bertz CT molecular complexity index is 1710. The number of carbonyl (C=O) groups excluding carboxylic acids is 1. The van der Waals surface area contributed by atoms with Crippen LogP contribution in [0.4, 0.5) is 11.4 Å². The van der Waals surface area contributed by atoms with Gasteiger partial charge in [0, 0.05) is 60.1 Å². The number of nitrogens with zero attached hydrogens (tertiary/aromatic N) is 2. The third kappa shape index (κ3) is 5.03. The van der Waals surface area contributed by atoms with Crippen molar-refractivity contribution in [3.63, 3.8) is 0 Å². The summed E-state index contributed by atoms with van der Waals surface area (Å²) >= 11 is 6.13. The molecule has 5 aromatic rings. The molecule has 6 heteroatoms. The number of fused-ring (bicyclic) bond motifs is 2. The Labute approximate surface area is 245 Å². The number of benzene rings is 4. The zero-order valence-corrected chi connectivity index (χ0v) is 23.4. The Morgan fingerprint density at radius 3 is 2.34 bits per heavy atom. The SMILES string of the molecule is O=C1c2oc(-c3ccc(Cl)cc3)cc2Cc2cc(N3CCNCC3)ccc2N1Cc1ccccc1-c1ccccc1. The van der Waals surface area contributed by atoms with Crippen molar-refractivity contribution < 1.29 is 9.21 Å². The smallest absolute Gasteiger partial charge is 0.294 e. The van der Waals surface area contributed by atoms with Crippen LogP contribution in [0.25, 0.3) is 22.5 Å². The van der Waals surface area contributed by atoms with Gasteiger partial charge in [-0.1, -0.05) is 66.2 Å². The molecule has 2 aliphatic heterocycles. The maximum absolute atomic E-state index is 14.3. The molecule has 1 fully saturated rings. The zero-order valence-electron chi connectivity index (χ0n) is 22.6. The van der Waals surface area contributed by atoms with Crippen LogP contribution < -0.4 is 15.1 Å². The van der Waals surface area contributed by atoms with E-state index in [4.69, 9.17) is 16.0 Å². The van der Waals surface area contributed by atoms with Crippen molar-refractivity contribution >= 4 is 28.9 Å². The predicted molar refractivity (Wildman–Crippen MR) is 166 cm³/mol. The number of carbonyl (C=O) groups is 1. The molecule has 1 aromatic heterocycles. The van der Waals surface area contributed by atoms with E-state index in [1.54, 1.807) is 0 Å². The maximum atomic E-state index is 14.3. The fraction of sp³-hybridized carbons (Fsp3) is 0.171. The molecule has 5 nitrogen and oxygen atoms in total. The van der Waals surface area contributed by atoms with Crippen molar-refractivity contribution in [1.29, 1.82) is 0 Å². The maximum Gasteiger partial charge on any atom is 0.294 e. The fourth-order valence-electron chi connectivity index (χ4n) is 5.92. The summed E-state index contributed by atoms with van der Waals surface area (Å²) in [6.45, 7) is 4.29. The van der Waals surface area contributed by atoms with E-state index in [9.17, 15) is 4.79 Å². The number of piperazine rings is 1. The third-order valence-corrected chi connectivity index (χ3v) is 8.28. The summed E-state index contributed by atoms with van der Waals surface area (Å²) in [7, 11) is 0. The van der Waals surface area contributed by atoms with Gasteiger partial charge in [-0.2, -0.15) is 0 Å². The first-order valence-electron chi connectivity index (χ1n) is 14.1. The summed E-state index contributed by atoms with van der Waals surface area (Å²) in [4.78, 5) is 18.6. The van der Waals surface area contributed by atoms with Crippen LogP contribution in [0.2, 0.25) is 5.02 Å². The van der Waals surface area contributed by atoms with Gasteiger partial charge >= 0.3 is 0 Å². The second-order valence-corrected chi connectivity index (χ2v) is 11.0. The molecule has 7 rings (SSSR count). The average molecular weight is 560 g/mol. The molecule has 41 heavy (non-hydrogen) atoms. The number of furan rings is 1. The summed E-state index contributed by atoms with van der Waals surface area (Å²) in [5.41, 5.74) is 8.35. The first-order valence-corrected chi connectivity index (χ1v) is 14.4. The van der Waals surface area contributed by atoms with Gasteiger partial charge in [-0.3, -0.25) is 4.79 Å². The van der Waals surface area contributed by atoms with Gasteiger partial charge in [-0.25, -0.2) is 0 Å². The molecular formula is C35H30ClN3O2. The van der Waals surface area contributed by atoms with E-state index in [0.717, 1.165) is 65.2 Å². The van der Waals surface area contributed by atoms with Gasteiger partial charge in [0.1, 0.15) is 5.76 Å². The van der Waals surface area contributed by atoms with Crippen LogP contribution >= 0.6 is 11.6 Å². The lowest BCUT2D eigenvalue weighted by Crippen LogP contribution is -2.43. The Morgan fingerprint density at radius 1 is 0.780 bits per heavy atom. The van der Waals surface area contributed by atoms with Crippen molar-refractivity contribution in [2.45, 2.75) is 13.0 Å². The molecule has 2 aliphatic rings. The number of hydrogen-bond acceptors (Lipinski definition) is 4. The molecule has 4 aromatic carbocycles. The van der Waals surface area contributed by atoms with E-state index < -0.39 is 0 Å². The van der Waals surface area contributed by atoms with Gasteiger partial charge < -0.3 is 19.5 Å². The minimum absolute atomic E-state index is 0.128. The van der Waals surface area contributed by atoms with Crippen molar-refractivity contribution in [3.05, 3.63) is 131 Å². The van der Waals surface area contributed by atoms with E-state index in [-0.39, 0.29) is 5.91 Å². The van der Waals surface area contributed by atoms with Gasteiger partial charge in [0.25, 0.3) is 5.91 Å². The quantitative estimate of drug-likeness (QED) is 0.243. The summed E-state index contributed by atoms with van der Waals surface area (Å²) in [6, 6.07) is 34.7. The van der Waals surface area contributed by atoms with E-state index >= 15 is 0 Å². The molecule has 0 atom stereocenters. The lowest BCUT2D eigenvalue weighted by atomic mass is 9.99. The molecule has 3 heterocycles. The predicted octanol–water partition coefficient (Wildman–Crippen LogP) is 7.43. The Morgan fingerprint density at radius 2 is 1.54 bits per heavy atom. The summed E-state index contributed by atoms with van der Waals surface area (Å²) < 4.78 is 6.33. The third-order valence-electron chi connectivity index (χ3n) is 8.02. The van der Waals surface area contributed by atoms with Crippen LogP contribution in [-0.4, -0.2) is 32.1 Å². The summed E-state index contributed by atoms with van der Waals surface area (Å²) in [5.74, 6) is 0.940. The standard InChI is InChI=1S/C35H30ClN3O2/c36-29-12-10-25(11-13-29)33-22-28-20-27-21-30(38-18-16-37-17-19-38)14-15-32(27)39(35(40)34(28)41-33)23-26-8-4-5-9-31(26)24-6-2-1-3-7-24/h1-15,21-22,37H,16-20,23H2. The lowest BCUT2D eigenvalue weighted by molar-refractivity contribution is 0.0959. The van der Waals surface area contributed by atoms with Crippen molar-refractivity contribution in [1.82, 2.24) is 5.32 Å². The van der Waals surface area contributed by atoms with Crippen LogP contribution in [0.3, 0.4) is 0 Å². The van der Waals surface area contributed by atoms with Crippen molar-refractivity contribution in [3.8, 4) is 22.5 Å². The van der Waals surface area contributed by atoms with Crippen LogP contribution in [0.5, 0.6) is 0 Å². The van der Waals surface area contributed by atoms with Gasteiger partial charge in [-0.15, -0.1) is 0 Å². The Balaban J connectivity index is 1.33. The highest BCUT2D eigenvalue weighted by Crippen LogP contribution is 2.38. The Hall–Kier alpha value is -4.32. The molecule has 1 N–H and O–H groups in total. The molecule has 0 aliphatic carbocycles. The average Bonchev–Trinajstić information content (AvgIpc) is 3.41. The van der Waals surface area contributed by atoms with E-state index in [1.807, 2.05) is 65.6 Å². The van der Waals surface area contributed by atoms with E-state index in [0.29, 0.717) is 29.5 Å². The normalized spacial score (nSPS) is 14.9. The molecule has 0 spiro atoms. The molecule has 0 bridgehead atoms. The van der Waals surface area contributed by atoms with E-state index in [2.05, 4.69) is 52.7 Å². The minimum Gasteiger partial charge on any atom is -0.451 e. The number of anilines is 2. The van der Waals surface area contributed by atoms with Gasteiger partial charge in [0.05, 0.1) is 6.54 Å². The monoisotopic (exact) mass is 559 g/mol. The van der Waals surface area contributed by atoms with Crippen LogP contribution in [-0.2, 0) is 13.0 Å². The molecule has 0 saturated carbocycles. The zero-order chi connectivity index (χ0) is 27.8. The van der Waals surface area contributed by atoms with Crippen LogP contribution in [0.1, 0.15) is 27.2 Å². The highest BCUT2D eigenvalue weighted by molar-refractivity contribution is 6.30. The molecular weight excluding hydrogens is 530 g/mol. The second-order valence-electron chi connectivity index (χ2n) is 10.6. The summed E-state index contributed by atoms with van der Waals surface area (Å²) in [5, 5.41) is 4.10. The van der Waals surface area contributed by atoms with Gasteiger partial charge in [0.2, 0.25) is 0 Å². The molecule has 0 radical (unpaired) electrons. The second kappa shape index (κ2) is 10.9. The van der Waals surface area contributed by atoms with Gasteiger partial charge in [-0.05, 0) is 70.8 Å². The topological polar surface area (TPSA) is 48.7 Å². The molecule has 1 saturated heterocycles. The molecule has 204 valence electrons. The number of amides is 1. The molecule has 1 amide bonds. The lowest BCUT2D eigenvalue weighted by Gasteiger charge is -2.31. The largest absolute Gasteiger partial charge is 0.451 e. The fourth-order valence-corrected chi connectivity index (χ4v) is 6.04. The highest BCUT2D eigenvalue weighted by atomic mass is 35.5.